The van der Waals surface area contributed by atoms with E-state index in [2.05, 4.69) is 10.5 Å². The van der Waals surface area contributed by atoms with Crippen LogP contribution >= 0.6 is 23.2 Å². The number of carbonyl (C=O) groups excluding carboxylic acids is 1. The lowest BCUT2D eigenvalue weighted by Crippen LogP contribution is -2.15. The number of benzene rings is 2. The Morgan fingerprint density at radius 1 is 1.11 bits per heavy atom. The van der Waals surface area contributed by atoms with Gasteiger partial charge in [0.1, 0.15) is 18.1 Å². The predicted octanol–water partition coefficient (Wildman–Crippen LogP) is 5.74. The average Bonchev–Trinajstić information content (AvgIpc) is 2.94. The molecule has 0 aliphatic rings. The van der Waals surface area contributed by atoms with Crippen molar-refractivity contribution < 1.29 is 14.1 Å². The minimum Gasteiger partial charge on any atom is -0.488 e. The molecule has 0 aliphatic heterocycles. The second kappa shape index (κ2) is 8.03. The Balaban J connectivity index is 1.80. The van der Waals surface area contributed by atoms with Crippen molar-refractivity contribution in [1.29, 1.82) is 0 Å². The van der Waals surface area contributed by atoms with E-state index in [1.54, 1.807) is 25.1 Å². The number of carbonyl (C=O) groups is 1. The summed E-state index contributed by atoms with van der Waals surface area (Å²) >= 11 is 11.9. The summed E-state index contributed by atoms with van der Waals surface area (Å²) < 4.78 is 11.2. The van der Waals surface area contributed by atoms with E-state index in [4.69, 9.17) is 32.5 Å². The number of amides is 1. The third-order valence-electron chi connectivity index (χ3n) is 4.09. The molecule has 0 unspecified atom stereocenters. The zero-order valence-electron chi connectivity index (χ0n) is 15.1. The Bertz CT molecular complexity index is 958. The molecule has 0 fully saturated rings. The van der Waals surface area contributed by atoms with Gasteiger partial charge in [-0.3, -0.25) is 4.79 Å². The molecule has 0 saturated carbocycles. The minimum absolute atomic E-state index is 0.162. The van der Waals surface area contributed by atoms with E-state index < -0.39 is 5.91 Å². The Morgan fingerprint density at radius 2 is 1.74 bits per heavy atom. The molecule has 1 aromatic heterocycles. The van der Waals surface area contributed by atoms with E-state index in [-0.39, 0.29) is 12.3 Å². The third kappa shape index (κ3) is 4.43. The number of nitrogens with zero attached hydrogens (tertiary/aromatic N) is 1. The summed E-state index contributed by atoms with van der Waals surface area (Å²) in [6, 6.07) is 10.7. The Hall–Kier alpha value is -2.50. The second-order valence-electron chi connectivity index (χ2n) is 6.19. The maximum Gasteiger partial charge on any atom is 0.278 e. The number of aromatic nitrogens is 1. The molecule has 0 saturated heterocycles. The molecule has 7 heteroatoms. The van der Waals surface area contributed by atoms with Gasteiger partial charge in [-0.1, -0.05) is 46.6 Å². The SMILES string of the molecule is Cc1cccc(C)c1OCc1c(C(=O)Nc2cc(Cl)cc(Cl)c2)noc1C. The minimum atomic E-state index is -0.426. The van der Waals surface area contributed by atoms with Gasteiger partial charge in [-0.05, 0) is 50.1 Å². The highest BCUT2D eigenvalue weighted by molar-refractivity contribution is 6.35. The van der Waals surface area contributed by atoms with Crippen molar-refractivity contribution >= 4 is 34.8 Å². The summed E-state index contributed by atoms with van der Waals surface area (Å²) in [5, 5.41) is 7.46. The van der Waals surface area contributed by atoms with E-state index in [9.17, 15) is 4.79 Å². The van der Waals surface area contributed by atoms with E-state index in [1.807, 2.05) is 32.0 Å². The first-order valence-electron chi connectivity index (χ1n) is 8.26. The van der Waals surface area contributed by atoms with Crippen LogP contribution in [0.5, 0.6) is 5.75 Å². The van der Waals surface area contributed by atoms with Gasteiger partial charge in [0.05, 0.1) is 5.56 Å². The number of ether oxygens (including phenoxy) is 1. The number of hydrogen-bond donors (Lipinski definition) is 1. The normalized spacial score (nSPS) is 10.7. The monoisotopic (exact) mass is 404 g/mol. The Labute approximate surface area is 167 Å². The van der Waals surface area contributed by atoms with Crippen LogP contribution in [0.4, 0.5) is 5.69 Å². The zero-order chi connectivity index (χ0) is 19.6. The lowest BCUT2D eigenvalue weighted by atomic mass is 10.1. The molecule has 27 heavy (non-hydrogen) atoms. The number of aryl methyl sites for hydroxylation is 3. The van der Waals surface area contributed by atoms with Crippen LogP contribution in [0.1, 0.15) is 32.9 Å². The van der Waals surface area contributed by atoms with Gasteiger partial charge in [-0.25, -0.2) is 0 Å². The number of nitrogens with one attached hydrogen (secondary N) is 1. The molecule has 3 aromatic rings. The van der Waals surface area contributed by atoms with Crippen LogP contribution < -0.4 is 10.1 Å². The Kier molecular flexibility index (Phi) is 5.73. The molecular weight excluding hydrogens is 387 g/mol. The van der Waals surface area contributed by atoms with Gasteiger partial charge >= 0.3 is 0 Å². The van der Waals surface area contributed by atoms with Crippen molar-refractivity contribution in [2.75, 3.05) is 5.32 Å². The predicted molar refractivity (Wildman–Crippen MR) is 106 cm³/mol. The van der Waals surface area contributed by atoms with E-state index in [1.165, 1.54) is 0 Å². The number of hydrogen-bond acceptors (Lipinski definition) is 4. The van der Waals surface area contributed by atoms with E-state index in [0.717, 1.165) is 16.9 Å². The number of anilines is 1. The molecule has 2 aromatic carbocycles. The van der Waals surface area contributed by atoms with Crippen LogP contribution in [0.25, 0.3) is 0 Å². The lowest BCUT2D eigenvalue weighted by molar-refractivity contribution is 0.101. The van der Waals surface area contributed by atoms with Gasteiger partial charge in [0, 0.05) is 15.7 Å². The van der Waals surface area contributed by atoms with Gasteiger partial charge in [0.25, 0.3) is 5.91 Å². The van der Waals surface area contributed by atoms with Crippen molar-refractivity contribution in [1.82, 2.24) is 5.16 Å². The smallest absolute Gasteiger partial charge is 0.278 e. The molecule has 0 aliphatic carbocycles. The van der Waals surface area contributed by atoms with Crippen molar-refractivity contribution in [3.05, 3.63) is 74.6 Å². The number of halogens is 2. The van der Waals surface area contributed by atoms with Gasteiger partial charge < -0.3 is 14.6 Å². The molecule has 0 atom stereocenters. The topological polar surface area (TPSA) is 64.4 Å². The van der Waals surface area contributed by atoms with Crippen LogP contribution in [-0.4, -0.2) is 11.1 Å². The molecule has 0 bridgehead atoms. The summed E-state index contributed by atoms with van der Waals surface area (Å²) in [6.07, 6.45) is 0. The molecule has 5 nitrogen and oxygen atoms in total. The van der Waals surface area contributed by atoms with Crippen LogP contribution in [0.2, 0.25) is 10.0 Å². The fourth-order valence-electron chi connectivity index (χ4n) is 2.73. The summed E-state index contributed by atoms with van der Waals surface area (Å²) in [5.74, 6) is 0.881. The van der Waals surface area contributed by atoms with Crippen molar-refractivity contribution in [2.45, 2.75) is 27.4 Å². The first-order chi connectivity index (χ1) is 12.8. The largest absolute Gasteiger partial charge is 0.488 e. The van der Waals surface area contributed by atoms with Crippen molar-refractivity contribution in [2.24, 2.45) is 0 Å². The molecule has 3 rings (SSSR count). The standard InChI is InChI=1S/C20H18Cl2N2O3/c1-11-5-4-6-12(2)19(11)26-10-17-13(3)27-24-18(17)20(25)23-16-8-14(21)7-15(22)9-16/h4-9H,10H2,1-3H3,(H,23,25). The third-order valence-corrected chi connectivity index (χ3v) is 4.53. The van der Waals surface area contributed by atoms with Crippen molar-refractivity contribution in [3.8, 4) is 5.75 Å². The summed E-state index contributed by atoms with van der Waals surface area (Å²) in [5.41, 5.74) is 3.25. The van der Waals surface area contributed by atoms with Crippen LogP contribution in [0.15, 0.2) is 40.9 Å². The number of para-hydroxylation sites is 1. The highest BCUT2D eigenvalue weighted by Gasteiger charge is 2.21. The maximum atomic E-state index is 12.6. The van der Waals surface area contributed by atoms with Gasteiger partial charge in [-0.15, -0.1) is 0 Å². The lowest BCUT2D eigenvalue weighted by Gasteiger charge is -2.12. The van der Waals surface area contributed by atoms with Crippen molar-refractivity contribution in [3.63, 3.8) is 0 Å². The van der Waals surface area contributed by atoms with Gasteiger partial charge in [0.15, 0.2) is 5.69 Å². The van der Waals surface area contributed by atoms with Gasteiger partial charge in [0.2, 0.25) is 0 Å². The Morgan fingerprint density at radius 3 is 2.37 bits per heavy atom. The molecule has 1 heterocycles. The fraction of sp³-hybridized carbons (Fsp3) is 0.200. The summed E-state index contributed by atoms with van der Waals surface area (Å²) in [7, 11) is 0. The molecule has 140 valence electrons. The first kappa shape index (κ1) is 19.3. The molecule has 0 radical (unpaired) electrons. The number of rotatable bonds is 5. The van der Waals surface area contributed by atoms with Crippen LogP contribution in [-0.2, 0) is 6.61 Å². The van der Waals surface area contributed by atoms with E-state index >= 15 is 0 Å². The summed E-state index contributed by atoms with van der Waals surface area (Å²) in [4.78, 5) is 12.6. The van der Waals surface area contributed by atoms with E-state index in [0.29, 0.717) is 27.1 Å². The highest BCUT2D eigenvalue weighted by Crippen LogP contribution is 2.26. The summed E-state index contributed by atoms with van der Waals surface area (Å²) in [6.45, 7) is 5.85. The quantitative estimate of drug-likeness (QED) is 0.588. The molecule has 1 N–H and O–H groups in total. The second-order valence-corrected chi connectivity index (χ2v) is 7.06. The first-order valence-corrected chi connectivity index (χ1v) is 9.02. The van der Waals surface area contributed by atoms with Crippen LogP contribution in [0.3, 0.4) is 0 Å². The van der Waals surface area contributed by atoms with Crippen LogP contribution in [0, 0.1) is 20.8 Å². The highest BCUT2D eigenvalue weighted by atomic mass is 35.5. The maximum absolute atomic E-state index is 12.6. The zero-order valence-corrected chi connectivity index (χ0v) is 16.6. The molecular formula is C20H18Cl2N2O3. The molecule has 1 amide bonds. The average molecular weight is 405 g/mol. The molecule has 0 spiro atoms. The fourth-order valence-corrected chi connectivity index (χ4v) is 3.25. The van der Waals surface area contributed by atoms with Gasteiger partial charge in [-0.2, -0.15) is 0 Å².